The number of carbonyl (C=O) groups is 1. The zero-order valence-corrected chi connectivity index (χ0v) is 24.3. The molecule has 8 heteroatoms. The summed E-state index contributed by atoms with van der Waals surface area (Å²) in [5.74, 6) is -1.10. The highest BCUT2D eigenvalue weighted by molar-refractivity contribution is 5.90. The van der Waals surface area contributed by atoms with Gasteiger partial charge in [-0.1, -0.05) is 39.0 Å². The molecular weight excluding hydrogens is 508 g/mol. The Hall–Kier alpha value is -2.52. The fraction of sp³-hybridized carbons (Fsp3) is 0.625. The van der Waals surface area contributed by atoms with Gasteiger partial charge in [-0.05, 0) is 80.6 Å². The topological polar surface area (TPSA) is 103 Å². The highest BCUT2D eigenvalue weighted by Gasteiger charge is 2.77. The molecule has 5 aliphatic rings. The number of rotatable bonds is 2. The van der Waals surface area contributed by atoms with Crippen molar-refractivity contribution in [3.05, 3.63) is 59.1 Å². The van der Waals surface area contributed by atoms with Gasteiger partial charge in [-0.25, -0.2) is 9.78 Å². The number of aromatic nitrogens is 2. The molecule has 4 aliphatic carbocycles. The van der Waals surface area contributed by atoms with Crippen LogP contribution in [0.15, 0.2) is 47.7 Å². The highest BCUT2D eigenvalue weighted by atomic mass is 16.7. The van der Waals surface area contributed by atoms with Gasteiger partial charge in [-0.2, -0.15) is 0 Å². The van der Waals surface area contributed by atoms with Gasteiger partial charge in [0.05, 0.1) is 23.8 Å². The molecule has 2 aromatic rings. The Kier molecular flexibility index (Phi) is 5.32. The molecule has 2 saturated carbocycles. The van der Waals surface area contributed by atoms with Crippen molar-refractivity contribution in [1.29, 1.82) is 0 Å². The first-order chi connectivity index (χ1) is 18.7. The van der Waals surface area contributed by atoms with Crippen LogP contribution >= 0.6 is 0 Å². The Morgan fingerprint density at radius 3 is 2.70 bits per heavy atom. The lowest BCUT2D eigenvalue weighted by Crippen LogP contribution is -2.69. The number of fused-ring (bicyclic) bond motifs is 6. The minimum atomic E-state index is -1.75. The molecule has 214 valence electrons. The van der Waals surface area contributed by atoms with Gasteiger partial charge >= 0.3 is 5.97 Å². The lowest BCUT2D eigenvalue weighted by Gasteiger charge is -2.55. The van der Waals surface area contributed by atoms with Gasteiger partial charge in [-0.3, -0.25) is 4.40 Å². The molecule has 2 bridgehead atoms. The normalized spacial score (nSPS) is 42.5. The predicted octanol–water partition coefficient (Wildman–Crippen LogP) is 4.23. The third-order valence-electron chi connectivity index (χ3n) is 11.1. The molecule has 3 fully saturated rings. The van der Waals surface area contributed by atoms with Gasteiger partial charge in [0.1, 0.15) is 17.4 Å². The van der Waals surface area contributed by atoms with E-state index in [0.717, 1.165) is 17.6 Å². The minimum Gasteiger partial charge on any atom is -0.450 e. The first-order valence-electron chi connectivity index (χ1n) is 14.5. The number of hydrogen-bond acceptors (Lipinski definition) is 7. The second kappa shape index (κ2) is 8.06. The zero-order chi connectivity index (χ0) is 28.6. The molecule has 8 nitrogen and oxygen atoms in total. The van der Waals surface area contributed by atoms with Crippen LogP contribution < -0.4 is 0 Å². The van der Waals surface area contributed by atoms with Crippen molar-refractivity contribution < 1.29 is 29.2 Å². The first-order valence-corrected chi connectivity index (χ1v) is 14.5. The summed E-state index contributed by atoms with van der Waals surface area (Å²) < 4.78 is 20.7. The van der Waals surface area contributed by atoms with Crippen LogP contribution in [0.3, 0.4) is 0 Å². The lowest BCUT2D eigenvalue weighted by molar-refractivity contribution is -0.312. The molecule has 0 amide bonds. The number of hydrogen-bond donors (Lipinski definition) is 2. The number of aliphatic hydroxyl groups is 2. The summed E-state index contributed by atoms with van der Waals surface area (Å²) in [6, 6.07) is 5.54. The quantitative estimate of drug-likeness (QED) is 0.428. The fourth-order valence-electron chi connectivity index (χ4n) is 9.13. The number of imidazole rings is 1. The maximum absolute atomic E-state index is 13.9. The number of nitrogens with zero attached hydrogens (tertiary/aromatic N) is 2. The standard InChI is InChI=1S/C32H40N2O6/c1-16-14-31-17(2)12-21-23(29(21,4)5)20(25(31)35)13-19-15-38-30(6,7)40-27(19)32(31,37)26(16)39-28(36)24-18(3)33-22-10-8-9-11-34(22)24/h8-11,13-14,17,20-21,23,25-27,35,37H,12,15H2,1-7H3/t17-,20+,21-,23+,25?,26+,27-,31+,32-/m1/s1. The fourth-order valence-corrected chi connectivity index (χ4v) is 9.13. The van der Waals surface area contributed by atoms with E-state index >= 15 is 0 Å². The largest absolute Gasteiger partial charge is 0.450 e. The molecule has 1 saturated heterocycles. The second-order valence-corrected chi connectivity index (χ2v) is 13.9. The molecule has 1 unspecified atom stereocenters. The van der Waals surface area contributed by atoms with E-state index in [1.807, 2.05) is 45.0 Å². The Bertz CT molecular complexity index is 1490. The van der Waals surface area contributed by atoms with Gasteiger partial charge in [0.15, 0.2) is 17.6 Å². The van der Waals surface area contributed by atoms with E-state index in [0.29, 0.717) is 23.0 Å². The van der Waals surface area contributed by atoms with E-state index in [-0.39, 0.29) is 29.8 Å². The van der Waals surface area contributed by atoms with E-state index in [1.54, 1.807) is 17.5 Å². The van der Waals surface area contributed by atoms with Crippen LogP contribution in [-0.2, 0) is 14.2 Å². The minimum absolute atomic E-state index is 0.0923. The van der Waals surface area contributed by atoms with Crippen molar-refractivity contribution >= 4 is 11.6 Å². The molecule has 2 N–H and O–H groups in total. The average molecular weight is 549 g/mol. The van der Waals surface area contributed by atoms with E-state index in [2.05, 4.69) is 31.8 Å². The van der Waals surface area contributed by atoms with Crippen LogP contribution in [0.1, 0.15) is 64.1 Å². The summed E-state index contributed by atoms with van der Waals surface area (Å²) in [5, 5.41) is 25.6. The molecule has 0 radical (unpaired) electrons. The van der Waals surface area contributed by atoms with Gasteiger partial charge in [0.2, 0.25) is 0 Å². The number of aryl methyl sites for hydroxylation is 1. The molecule has 40 heavy (non-hydrogen) atoms. The highest BCUT2D eigenvalue weighted by Crippen LogP contribution is 2.73. The third kappa shape index (κ3) is 3.16. The molecule has 0 aromatic carbocycles. The van der Waals surface area contributed by atoms with Crippen LogP contribution in [-0.4, -0.2) is 61.9 Å². The summed E-state index contributed by atoms with van der Waals surface area (Å²) in [6.45, 7) is 14.3. The zero-order valence-electron chi connectivity index (χ0n) is 24.3. The van der Waals surface area contributed by atoms with Crippen molar-refractivity contribution in [3.8, 4) is 0 Å². The Morgan fingerprint density at radius 1 is 1.20 bits per heavy atom. The number of esters is 1. The molecule has 1 spiro atoms. The van der Waals surface area contributed by atoms with Gasteiger partial charge in [0, 0.05) is 12.1 Å². The van der Waals surface area contributed by atoms with Crippen molar-refractivity contribution in [2.45, 2.75) is 84.6 Å². The maximum Gasteiger partial charge on any atom is 0.357 e. The second-order valence-electron chi connectivity index (χ2n) is 13.9. The van der Waals surface area contributed by atoms with Gasteiger partial charge in [-0.15, -0.1) is 0 Å². The van der Waals surface area contributed by atoms with E-state index < -0.39 is 41.1 Å². The number of aliphatic hydroxyl groups excluding tert-OH is 1. The number of carbonyl (C=O) groups excluding carboxylic acids is 1. The van der Waals surface area contributed by atoms with Crippen molar-refractivity contribution in [2.75, 3.05) is 6.61 Å². The van der Waals surface area contributed by atoms with Crippen LogP contribution in [0.5, 0.6) is 0 Å². The molecular formula is C32H40N2O6. The Labute approximate surface area is 235 Å². The lowest BCUT2D eigenvalue weighted by atomic mass is 9.58. The summed E-state index contributed by atoms with van der Waals surface area (Å²) in [4.78, 5) is 18.4. The van der Waals surface area contributed by atoms with Crippen molar-refractivity contribution in [2.24, 2.45) is 34.5 Å². The van der Waals surface area contributed by atoms with Crippen molar-refractivity contribution in [1.82, 2.24) is 9.38 Å². The Morgan fingerprint density at radius 2 is 1.95 bits per heavy atom. The molecule has 1 aliphatic heterocycles. The van der Waals surface area contributed by atoms with E-state index in [4.69, 9.17) is 14.2 Å². The van der Waals surface area contributed by atoms with Gasteiger partial charge < -0.3 is 24.4 Å². The maximum atomic E-state index is 13.9. The molecule has 9 atom stereocenters. The summed E-state index contributed by atoms with van der Waals surface area (Å²) in [6.07, 6.45) is 4.02. The van der Waals surface area contributed by atoms with Crippen LogP contribution in [0.25, 0.3) is 5.65 Å². The number of ether oxygens (including phenoxy) is 3. The first kappa shape index (κ1) is 26.4. The average Bonchev–Trinajstić information content (AvgIpc) is 3.18. The third-order valence-corrected chi connectivity index (χ3v) is 11.1. The monoisotopic (exact) mass is 548 g/mol. The van der Waals surface area contributed by atoms with E-state index in [9.17, 15) is 15.0 Å². The Balaban J connectivity index is 1.38. The van der Waals surface area contributed by atoms with Crippen LogP contribution in [0.2, 0.25) is 0 Å². The van der Waals surface area contributed by atoms with E-state index in [1.165, 1.54) is 0 Å². The van der Waals surface area contributed by atoms with Crippen LogP contribution in [0, 0.1) is 41.4 Å². The van der Waals surface area contributed by atoms with Crippen LogP contribution in [0.4, 0.5) is 0 Å². The molecule has 2 aromatic heterocycles. The smallest absolute Gasteiger partial charge is 0.357 e. The summed E-state index contributed by atoms with van der Waals surface area (Å²) in [5.41, 5.74) is 0.301. The van der Waals surface area contributed by atoms with Crippen molar-refractivity contribution in [3.63, 3.8) is 0 Å². The van der Waals surface area contributed by atoms with Gasteiger partial charge in [0.25, 0.3) is 0 Å². The molecule has 7 rings (SSSR count). The summed E-state index contributed by atoms with van der Waals surface area (Å²) >= 11 is 0. The predicted molar refractivity (Wildman–Crippen MR) is 147 cm³/mol. The SMILES string of the molecule is CC1=C[C@]23C(O)[C@@H](C=C4COC(C)(C)O[C@H]4[C@]2(O)[C@H]1OC(=O)c1c(C)nc2ccccn12)[C@H]1[C@@H](C[C@H]3C)C1(C)C. The number of pyridine rings is 1. The summed E-state index contributed by atoms with van der Waals surface area (Å²) in [7, 11) is 0. The molecule has 3 heterocycles.